The first-order valence-corrected chi connectivity index (χ1v) is 8.46. The molecule has 0 radical (unpaired) electrons. The maximum Gasteiger partial charge on any atom is 0.264 e. The molecule has 0 rings (SSSR count). The molecule has 0 aliphatic heterocycles. The first-order valence-electron chi connectivity index (χ1n) is 4.83. The smallest absolute Gasteiger partial charge is 0.264 e. The number of ether oxygens (including phenoxy) is 2. The molecule has 0 bridgehead atoms. The van der Waals surface area contributed by atoms with Crippen LogP contribution in [0, 0.1) is 0 Å². The molecule has 0 aliphatic rings. The molecule has 2 atom stereocenters. The van der Waals surface area contributed by atoms with Crippen LogP contribution in [0.1, 0.15) is 0 Å². The van der Waals surface area contributed by atoms with Crippen molar-refractivity contribution in [1.82, 2.24) is 0 Å². The Morgan fingerprint density at radius 2 is 1.06 bits per heavy atom. The normalized spacial score (nSPS) is 16.4. The van der Waals surface area contributed by atoms with E-state index in [0.29, 0.717) is 0 Å². The Hall–Kier alpha value is -0.260. The molecule has 0 aromatic heterocycles. The summed E-state index contributed by atoms with van der Waals surface area (Å²) in [7, 11) is -4.57. The molecule has 0 unspecified atom stereocenters. The number of hydrogen-bond donors (Lipinski definition) is 0. The predicted octanol–water partition coefficient (Wildman–Crippen LogP) is -1.03. The van der Waals surface area contributed by atoms with Gasteiger partial charge in [0, 0.05) is 14.2 Å². The zero-order valence-electron chi connectivity index (χ0n) is 10.7. The second kappa shape index (κ2) is 7.36. The van der Waals surface area contributed by atoms with Crippen LogP contribution in [0.5, 0.6) is 0 Å². The Labute approximate surface area is 107 Å². The van der Waals surface area contributed by atoms with Crippen molar-refractivity contribution in [2.75, 3.05) is 39.9 Å². The molecule has 0 aromatic carbocycles. The molecule has 0 spiro atoms. The quantitative estimate of drug-likeness (QED) is 0.498. The maximum absolute atomic E-state index is 10.8. The zero-order valence-corrected chi connectivity index (χ0v) is 12.3. The van der Waals surface area contributed by atoms with Gasteiger partial charge < -0.3 is 9.47 Å². The topological polar surface area (TPSA) is 105 Å². The lowest BCUT2D eigenvalue weighted by Gasteiger charge is -2.23. The van der Waals surface area contributed by atoms with Gasteiger partial charge in [-0.05, 0) is 0 Å². The van der Waals surface area contributed by atoms with Gasteiger partial charge in [0.05, 0.1) is 25.7 Å². The van der Waals surface area contributed by atoms with E-state index in [2.05, 4.69) is 8.37 Å². The van der Waals surface area contributed by atoms with Gasteiger partial charge in [-0.15, -0.1) is 0 Å². The Bertz CT molecular complexity index is 384. The molecule has 18 heavy (non-hydrogen) atoms. The van der Waals surface area contributed by atoms with Crippen molar-refractivity contribution in [1.29, 1.82) is 0 Å². The summed E-state index contributed by atoms with van der Waals surface area (Å²) in [4.78, 5) is 0. The Balaban J connectivity index is 4.48. The SMILES string of the molecule is CO[C@@H](COS(C)(=O)=O)[C@H](COS(C)(=O)=O)OC. The van der Waals surface area contributed by atoms with Crippen molar-refractivity contribution in [2.24, 2.45) is 0 Å². The molecule has 8 nitrogen and oxygen atoms in total. The lowest BCUT2D eigenvalue weighted by Crippen LogP contribution is -2.38. The van der Waals surface area contributed by atoms with Crippen molar-refractivity contribution in [3.8, 4) is 0 Å². The minimum Gasteiger partial charge on any atom is -0.376 e. The Morgan fingerprint density at radius 3 is 1.22 bits per heavy atom. The van der Waals surface area contributed by atoms with Crippen LogP contribution in [0.3, 0.4) is 0 Å². The summed E-state index contributed by atoms with van der Waals surface area (Å²) in [5.41, 5.74) is 0. The van der Waals surface area contributed by atoms with E-state index in [1.54, 1.807) is 0 Å². The highest BCUT2D eigenvalue weighted by Gasteiger charge is 2.24. The summed E-state index contributed by atoms with van der Waals surface area (Å²) in [6, 6.07) is 0. The van der Waals surface area contributed by atoms with Crippen LogP contribution in [0.2, 0.25) is 0 Å². The first kappa shape index (κ1) is 17.7. The number of hydrogen-bond acceptors (Lipinski definition) is 8. The van der Waals surface area contributed by atoms with Crippen LogP contribution in [-0.2, 0) is 38.1 Å². The van der Waals surface area contributed by atoms with Crippen molar-refractivity contribution in [2.45, 2.75) is 12.2 Å². The first-order chi connectivity index (χ1) is 8.09. The fourth-order valence-electron chi connectivity index (χ4n) is 1.04. The molecule has 0 aromatic rings. The largest absolute Gasteiger partial charge is 0.376 e. The highest BCUT2D eigenvalue weighted by molar-refractivity contribution is 7.86. The second-order valence-electron chi connectivity index (χ2n) is 3.53. The average molecular weight is 306 g/mol. The number of rotatable bonds is 9. The predicted molar refractivity (Wildman–Crippen MR) is 63.2 cm³/mol. The van der Waals surface area contributed by atoms with Crippen molar-refractivity contribution in [3.63, 3.8) is 0 Å². The summed E-state index contributed by atoms with van der Waals surface area (Å²) in [6.07, 6.45) is 0.251. The minimum atomic E-state index is -3.61. The van der Waals surface area contributed by atoms with Crippen LogP contribution >= 0.6 is 0 Å². The van der Waals surface area contributed by atoms with Gasteiger partial charge in [-0.25, -0.2) is 0 Å². The van der Waals surface area contributed by atoms with Gasteiger partial charge in [-0.1, -0.05) is 0 Å². The molecule has 0 saturated heterocycles. The van der Waals surface area contributed by atoms with Gasteiger partial charge in [0.25, 0.3) is 20.2 Å². The van der Waals surface area contributed by atoms with Crippen LogP contribution < -0.4 is 0 Å². The maximum atomic E-state index is 10.8. The molecule has 10 heteroatoms. The lowest BCUT2D eigenvalue weighted by atomic mass is 10.2. The van der Waals surface area contributed by atoms with E-state index in [0.717, 1.165) is 12.5 Å². The molecule has 110 valence electrons. The highest BCUT2D eigenvalue weighted by Crippen LogP contribution is 2.07. The van der Waals surface area contributed by atoms with Gasteiger partial charge in [0.2, 0.25) is 0 Å². The zero-order chi connectivity index (χ0) is 14.4. The van der Waals surface area contributed by atoms with Crippen LogP contribution in [-0.4, -0.2) is 69.0 Å². The summed E-state index contributed by atoms with van der Waals surface area (Å²) in [5.74, 6) is 0. The summed E-state index contributed by atoms with van der Waals surface area (Å²) < 4.78 is 62.4. The summed E-state index contributed by atoms with van der Waals surface area (Å²) in [6.45, 7) is -0.581. The Kier molecular flexibility index (Phi) is 7.25. The molecule has 0 aliphatic carbocycles. The van der Waals surface area contributed by atoms with E-state index in [1.807, 2.05) is 0 Å². The highest BCUT2D eigenvalue weighted by atomic mass is 32.2. The monoisotopic (exact) mass is 306 g/mol. The second-order valence-corrected chi connectivity index (χ2v) is 6.81. The lowest BCUT2D eigenvalue weighted by molar-refractivity contribution is -0.0693. The summed E-state index contributed by atoms with van der Waals surface area (Å²) in [5, 5.41) is 0. The molecule has 0 N–H and O–H groups in total. The van der Waals surface area contributed by atoms with Gasteiger partial charge >= 0.3 is 0 Å². The van der Waals surface area contributed by atoms with E-state index in [9.17, 15) is 16.8 Å². The van der Waals surface area contributed by atoms with Crippen LogP contribution in [0.25, 0.3) is 0 Å². The third-order valence-electron chi connectivity index (χ3n) is 1.91. The minimum absolute atomic E-state index is 0.291. The van der Waals surface area contributed by atoms with Gasteiger partial charge in [-0.3, -0.25) is 8.37 Å². The van der Waals surface area contributed by atoms with E-state index >= 15 is 0 Å². The van der Waals surface area contributed by atoms with Crippen LogP contribution in [0.4, 0.5) is 0 Å². The van der Waals surface area contributed by atoms with Gasteiger partial charge in [0.1, 0.15) is 12.2 Å². The van der Waals surface area contributed by atoms with Crippen molar-refractivity contribution in [3.05, 3.63) is 0 Å². The molecular weight excluding hydrogens is 288 g/mol. The fourth-order valence-corrected chi connectivity index (χ4v) is 1.80. The van der Waals surface area contributed by atoms with E-state index in [1.165, 1.54) is 14.2 Å². The van der Waals surface area contributed by atoms with E-state index in [4.69, 9.17) is 9.47 Å². The third kappa shape index (κ3) is 8.78. The van der Waals surface area contributed by atoms with Crippen molar-refractivity contribution >= 4 is 20.2 Å². The molecule has 0 heterocycles. The van der Waals surface area contributed by atoms with Gasteiger partial charge in [0.15, 0.2) is 0 Å². The van der Waals surface area contributed by atoms with Crippen LogP contribution in [0.15, 0.2) is 0 Å². The Morgan fingerprint density at radius 1 is 0.778 bits per heavy atom. The van der Waals surface area contributed by atoms with E-state index < -0.39 is 32.4 Å². The fraction of sp³-hybridized carbons (Fsp3) is 1.00. The standard InChI is InChI=1S/C8H18O8S2/c1-13-7(5-15-17(3,9)10)8(14-2)6-16-18(4,11)12/h7-8H,5-6H2,1-4H3/t7-,8-/m0/s1. The average Bonchev–Trinajstić information content (AvgIpc) is 2.20. The molecule has 0 amide bonds. The number of methoxy groups -OCH3 is 2. The van der Waals surface area contributed by atoms with E-state index in [-0.39, 0.29) is 13.2 Å². The summed E-state index contributed by atoms with van der Waals surface area (Å²) >= 11 is 0. The molecule has 0 saturated carbocycles. The molecule has 0 fully saturated rings. The van der Waals surface area contributed by atoms with Crippen molar-refractivity contribution < 1.29 is 34.7 Å². The molecular formula is C8H18O8S2. The van der Waals surface area contributed by atoms with Gasteiger partial charge in [-0.2, -0.15) is 16.8 Å². The third-order valence-corrected chi connectivity index (χ3v) is 3.04.